The van der Waals surface area contributed by atoms with Crippen molar-refractivity contribution < 1.29 is 0 Å². The van der Waals surface area contributed by atoms with Crippen LogP contribution in [0.15, 0.2) is 52.0 Å². The van der Waals surface area contributed by atoms with Crippen LogP contribution in [0.1, 0.15) is 5.56 Å². The summed E-state index contributed by atoms with van der Waals surface area (Å²) in [5.74, 6) is 0. The largest absolute Gasteiger partial charge is 0.377 e. The predicted octanol–water partition coefficient (Wildman–Crippen LogP) is 4.57. The fourth-order valence-corrected chi connectivity index (χ4v) is 3.61. The number of hydrogen-bond acceptors (Lipinski definition) is 5. The molecule has 0 bridgehead atoms. The fourth-order valence-electron chi connectivity index (χ4n) is 2.05. The Labute approximate surface area is 141 Å². The van der Waals surface area contributed by atoms with Crippen LogP contribution in [-0.4, -0.2) is 25.3 Å². The third-order valence-corrected chi connectivity index (χ3v) is 4.70. The van der Waals surface area contributed by atoms with Crippen molar-refractivity contribution in [1.29, 1.82) is 0 Å². The molecule has 0 amide bonds. The van der Waals surface area contributed by atoms with Crippen molar-refractivity contribution in [2.24, 2.45) is 5.10 Å². The molecule has 4 nitrogen and oxygen atoms in total. The van der Waals surface area contributed by atoms with Gasteiger partial charge < -0.3 is 4.90 Å². The van der Waals surface area contributed by atoms with Crippen molar-refractivity contribution in [3.05, 3.63) is 52.5 Å². The zero-order valence-electron chi connectivity index (χ0n) is 12.2. The molecule has 0 aliphatic heterocycles. The molecule has 1 heterocycles. The quantitative estimate of drug-likeness (QED) is 0.536. The molecule has 0 aliphatic carbocycles. The lowest BCUT2D eigenvalue weighted by atomic mass is 10.2. The summed E-state index contributed by atoms with van der Waals surface area (Å²) in [6.07, 6.45) is 1.79. The molecule has 0 saturated heterocycles. The SMILES string of the molecule is CN(C)c1ccc(C=NNc2nc3ccccc3s2)cc1Br. The Morgan fingerprint density at radius 2 is 2.05 bits per heavy atom. The highest BCUT2D eigenvalue weighted by Crippen LogP contribution is 2.26. The second-order valence-electron chi connectivity index (χ2n) is 4.96. The van der Waals surface area contributed by atoms with Gasteiger partial charge in [0.2, 0.25) is 5.13 Å². The number of nitrogens with one attached hydrogen (secondary N) is 1. The number of para-hydroxylation sites is 1. The van der Waals surface area contributed by atoms with Gasteiger partial charge in [-0.2, -0.15) is 5.10 Å². The number of hydrogen-bond donors (Lipinski definition) is 1. The first-order valence-corrected chi connectivity index (χ1v) is 8.36. The smallest absolute Gasteiger partial charge is 0.204 e. The number of anilines is 2. The highest BCUT2D eigenvalue weighted by Gasteiger charge is 2.03. The second-order valence-corrected chi connectivity index (χ2v) is 6.85. The number of benzene rings is 2. The first kappa shape index (κ1) is 15.0. The monoisotopic (exact) mass is 374 g/mol. The van der Waals surface area contributed by atoms with Crippen molar-refractivity contribution >= 4 is 54.5 Å². The Morgan fingerprint density at radius 3 is 2.77 bits per heavy atom. The molecular formula is C16H15BrN4S. The third kappa shape index (κ3) is 3.28. The Bertz CT molecular complexity index is 793. The third-order valence-electron chi connectivity index (χ3n) is 3.12. The Hall–Kier alpha value is -1.92. The first-order valence-electron chi connectivity index (χ1n) is 6.75. The topological polar surface area (TPSA) is 40.5 Å². The van der Waals surface area contributed by atoms with E-state index in [-0.39, 0.29) is 0 Å². The van der Waals surface area contributed by atoms with Gasteiger partial charge in [0.25, 0.3) is 0 Å². The zero-order chi connectivity index (χ0) is 15.5. The zero-order valence-corrected chi connectivity index (χ0v) is 14.6. The maximum Gasteiger partial charge on any atom is 0.204 e. The molecule has 22 heavy (non-hydrogen) atoms. The summed E-state index contributed by atoms with van der Waals surface area (Å²) in [6, 6.07) is 14.2. The Balaban J connectivity index is 1.73. The van der Waals surface area contributed by atoms with Gasteiger partial charge in [0.1, 0.15) is 0 Å². The number of hydrazone groups is 1. The molecular weight excluding hydrogens is 360 g/mol. The van der Waals surface area contributed by atoms with Crippen LogP contribution in [0.2, 0.25) is 0 Å². The summed E-state index contributed by atoms with van der Waals surface area (Å²) in [5.41, 5.74) is 6.13. The lowest BCUT2D eigenvalue weighted by Gasteiger charge is -2.14. The number of rotatable bonds is 4. The molecule has 0 spiro atoms. The van der Waals surface area contributed by atoms with E-state index in [4.69, 9.17) is 0 Å². The molecule has 112 valence electrons. The lowest BCUT2D eigenvalue weighted by molar-refractivity contribution is 1.12. The van der Waals surface area contributed by atoms with Crippen LogP contribution >= 0.6 is 27.3 Å². The summed E-state index contributed by atoms with van der Waals surface area (Å²) in [4.78, 5) is 6.54. The van der Waals surface area contributed by atoms with Gasteiger partial charge in [0, 0.05) is 18.6 Å². The van der Waals surface area contributed by atoms with Gasteiger partial charge in [-0.15, -0.1) is 0 Å². The predicted molar refractivity (Wildman–Crippen MR) is 99.3 cm³/mol. The Kier molecular flexibility index (Phi) is 4.40. The van der Waals surface area contributed by atoms with E-state index in [0.29, 0.717) is 0 Å². The number of aromatic nitrogens is 1. The van der Waals surface area contributed by atoms with Crippen LogP contribution in [0.3, 0.4) is 0 Å². The fraction of sp³-hybridized carbons (Fsp3) is 0.125. The molecule has 0 saturated carbocycles. The van der Waals surface area contributed by atoms with Crippen LogP contribution in [0.4, 0.5) is 10.8 Å². The summed E-state index contributed by atoms with van der Waals surface area (Å²) >= 11 is 5.16. The number of nitrogens with zero attached hydrogens (tertiary/aromatic N) is 3. The molecule has 0 fully saturated rings. The van der Waals surface area contributed by atoms with Gasteiger partial charge in [-0.25, -0.2) is 4.98 Å². The summed E-state index contributed by atoms with van der Waals surface area (Å²) in [7, 11) is 4.03. The van der Waals surface area contributed by atoms with Gasteiger partial charge in [0.05, 0.1) is 22.1 Å². The minimum Gasteiger partial charge on any atom is -0.377 e. The minimum atomic E-state index is 0.793. The molecule has 1 N–H and O–H groups in total. The highest BCUT2D eigenvalue weighted by atomic mass is 79.9. The summed E-state index contributed by atoms with van der Waals surface area (Å²) in [6.45, 7) is 0. The van der Waals surface area contributed by atoms with Crippen molar-refractivity contribution in [2.45, 2.75) is 0 Å². The molecule has 0 radical (unpaired) electrons. The van der Waals surface area contributed by atoms with Crippen molar-refractivity contribution in [2.75, 3.05) is 24.4 Å². The van der Waals surface area contributed by atoms with E-state index in [1.54, 1.807) is 17.6 Å². The van der Waals surface area contributed by atoms with Gasteiger partial charge >= 0.3 is 0 Å². The molecule has 1 aromatic heterocycles. The van der Waals surface area contributed by atoms with E-state index >= 15 is 0 Å². The molecule has 6 heteroatoms. The number of halogens is 1. The maximum atomic E-state index is 4.48. The van der Waals surface area contributed by atoms with Crippen molar-refractivity contribution in [1.82, 2.24) is 4.98 Å². The van der Waals surface area contributed by atoms with E-state index in [1.165, 1.54) is 0 Å². The average molecular weight is 375 g/mol. The van der Waals surface area contributed by atoms with Crippen LogP contribution in [-0.2, 0) is 0 Å². The lowest BCUT2D eigenvalue weighted by Crippen LogP contribution is -2.09. The molecule has 3 aromatic rings. The van der Waals surface area contributed by atoms with E-state index < -0.39 is 0 Å². The number of fused-ring (bicyclic) bond motifs is 1. The highest BCUT2D eigenvalue weighted by molar-refractivity contribution is 9.10. The van der Waals surface area contributed by atoms with E-state index in [2.05, 4.69) is 48.5 Å². The van der Waals surface area contributed by atoms with E-state index in [0.717, 1.165) is 31.1 Å². The normalized spacial score (nSPS) is 11.2. The van der Waals surface area contributed by atoms with Gasteiger partial charge in [-0.1, -0.05) is 29.5 Å². The first-order chi connectivity index (χ1) is 10.6. The van der Waals surface area contributed by atoms with Crippen LogP contribution in [0.5, 0.6) is 0 Å². The van der Waals surface area contributed by atoms with Crippen LogP contribution < -0.4 is 10.3 Å². The molecule has 3 rings (SSSR count). The van der Waals surface area contributed by atoms with Crippen LogP contribution in [0, 0.1) is 0 Å². The number of thiazole rings is 1. The molecule has 2 aromatic carbocycles. The van der Waals surface area contributed by atoms with Crippen molar-refractivity contribution in [3.63, 3.8) is 0 Å². The summed E-state index contributed by atoms with van der Waals surface area (Å²) in [5, 5.41) is 5.05. The average Bonchev–Trinajstić information content (AvgIpc) is 2.89. The van der Waals surface area contributed by atoms with Gasteiger partial charge in [0.15, 0.2) is 0 Å². The Morgan fingerprint density at radius 1 is 1.23 bits per heavy atom. The van der Waals surface area contributed by atoms with E-state index in [9.17, 15) is 0 Å². The van der Waals surface area contributed by atoms with Gasteiger partial charge in [-0.05, 0) is 45.8 Å². The van der Waals surface area contributed by atoms with Gasteiger partial charge in [-0.3, -0.25) is 5.43 Å². The van der Waals surface area contributed by atoms with Crippen molar-refractivity contribution in [3.8, 4) is 0 Å². The molecule has 0 atom stereocenters. The maximum absolute atomic E-state index is 4.48. The standard InChI is InChI=1S/C16H15BrN4S/c1-21(2)14-8-7-11(9-12(14)17)10-18-20-16-19-13-5-3-4-6-15(13)22-16/h3-10H,1-2H3,(H,19,20). The second kappa shape index (κ2) is 6.46. The van der Waals surface area contributed by atoms with E-state index in [1.807, 2.05) is 44.4 Å². The summed E-state index contributed by atoms with van der Waals surface area (Å²) < 4.78 is 2.19. The molecule has 0 unspecified atom stereocenters. The minimum absolute atomic E-state index is 0.793. The molecule has 0 aliphatic rings. The van der Waals surface area contributed by atoms with Crippen LogP contribution in [0.25, 0.3) is 10.2 Å².